The van der Waals surface area contributed by atoms with Gasteiger partial charge in [0.2, 0.25) is 6.54 Å². The molecule has 1 heteroatoms. The number of hydrogen-bond donors (Lipinski definition) is 0. The molecule has 1 rings (SSSR count). The van der Waals surface area contributed by atoms with Crippen LogP contribution >= 0.6 is 0 Å². The van der Waals surface area contributed by atoms with Crippen molar-refractivity contribution >= 4 is 0 Å². The van der Waals surface area contributed by atoms with Crippen LogP contribution in [0.15, 0.2) is 24.3 Å². The normalized spacial score (nSPS) is 14.2. The Morgan fingerprint density at radius 1 is 0.722 bits per heavy atom. The minimum atomic E-state index is 0.726. The van der Waals surface area contributed by atoms with E-state index in [1.165, 1.54) is 57.8 Å². The van der Waals surface area contributed by atoms with Gasteiger partial charge < -0.3 is 4.85 Å². The molecule has 0 unspecified atom stereocenters. The summed E-state index contributed by atoms with van der Waals surface area (Å²) >= 11 is 0. The van der Waals surface area contributed by atoms with Crippen LogP contribution in [-0.2, 0) is 0 Å². The highest BCUT2D eigenvalue weighted by molar-refractivity contribution is 5.17. The zero-order chi connectivity index (χ0) is 12.9. The van der Waals surface area contributed by atoms with Crippen molar-refractivity contribution in [3.05, 3.63) is 35.7 Å². The molecule has 0 saturated heterocycles. The average molecular weight is 245 g/mol. The van der Waals surface area contributed by atoms with Gasteiger partial charge in [-0.05, 0) is 18.8 Å². The molecule has 0 aromatic heterocycles. The highest BCUT2D eigenvalue weighted by Gasteiger charge is 2.02. The molecule has 0 N–H and O–H groups in total. The van der Waals surface area contributed by atoms with Gasteiger partial charge in [-0.2, -0.15) is 0 Å². The van der Waals surface area contributed by atoms with Crippen LogP contribution in [0.1, 0.15) is 64.2 Å². The Morgan fingerprint density at radius 2 is 1.22 bits per heavy atom. The van der Waals surface area contributed by atoms with Gasteiger partial charge in [0.1, 0.15) is 0 Å². The van der Waals surface area contributed by atoms with Gasteiger partial charge in [-0.3, -0.25) is 0 Å². The predicted octanol–water partition coefficient (Wildman–Crippen LogP) is 5.55. The first-order valence-electron chi connectivity index (χ1n) is 7.61. The van der Waals surface area contributed by atoms with Crippen molar-refractivity contribution in [2.45, 2.75) is 64.2 Å². The van der Waals surface area contributed by atoms with E-state index >= 15 is 0 Å². The van der Waals surface area contributed by atoms with Crippen molar-refractivity contribution in [2.75, 3.05) is 6.54 Å². The molecule has 0 radical (unpaired) electrons. The Balaban J connectivity index is 1.72. The maximum absolute atomic E-state index is 6.69. The fraction of sp³-hybridized carbons (Fsp3) is 0.706. The van der Waals surface area contributed by atoms with Crippen molar-refractivity contribution in [1.29, 1.82) is 0 Å². The second-order valence-electron chi connectivity index (χ2n) is 5.29. The number of unbranched alkanes of at least 4 members (excludes halogenated alkanes) is 8. The van der Waals surface area contributed by atoms with Gasteiger partial charge in [0.15, 0.2) is 0 Å². The molecule has 0 bridgehead atoms. The van der Waals surface area contributed by atoms with Crippen molar-refractivity contribution in [2.24, 2.45) is 5.92 Å². The molecule has 0 aliphatic heterocycles. The predicted molar refractivity (Wildman–Crippen MR) is 79.4 cm³/mol. The Bertz CT molecular complexity index is 270. The highest BCUT2D eigenvalue weighted by Crippen LogP contribution is 2.18. The third kappa shape index (κ3) is 8.12. The van der Waals surface area contributed by atoms with E-state index in [4.69, 9.17) is 6.57 Å². The number of hydrogen-bond acceptors (Lipinski definition) is 0. The van der Waals surface area contributed by atoms with E-state index in [-0.39, 0.29) is 0 Å². The molecule has 1 nitrogen and oxygen atoms in total. The van der Waals surface area contributed by atoms with Gasteiger partial charge >= 0.3 is 0 Å². The summed E-state index contributed by atoms with van der Waals surface area (Å²) in [6, 6.07) is 0. The van der Waals surface area contributed by atoms with Crippen molar-refractivity contribution in [3.8, 4) is 0 Å². The average Bonchev–Trinajstić information content (AvgIpc) is 2.89. The summed E-state index contributed by atoms with van der Waals surface area (Å²) in [6.07, 6.45) is 22.3. The Morgan fingerprint density at radius 3 is 1.78 bits per heavy atom. The molecule has 0 atom stereocenters. The molecule has 1 aliphatic rings. The van der Waals surface area contributed by atoms with Crippen LogP contribution in [0.2, 0.25) is 0 Å². The first-order chi connectivity index (χ1) is 8.93. The molecule has 0 heterocycles. The van der Waals surface area contributed by atoms with Crippen LogP contribution in [-0.4, -0.2) is 6.54 Å². The molecule has 0 fully saturated rings. The molecule has 0 amide bonds. The SMILES string of the molecule is [C-]#[N+]CCCCCCCCCCCC1C=CC=C1. The fourth-order valence-corrected chi connectivity index (χ4v) is 2.48. The summed E-state index contributed by atoms with van der Waals surface area (Å²) in [4.78, 5) is 3.38. The van der Waals surface area contributed by atoms with Gasteiger partial charge in [-0.1, -0.05) is 69.2 Å². The second-order valence-corrected chi connectivity index (χ2v) is 5.29. The van der Waals surface area contributed by atoms with Crippen LogP contribution in [0, 0.1) is 12.5 Å². The van der Waals surface area contributed by atoms with Crippen LogP contribution in [0.3, 0.4) is 0 Å². The molecule has 100 valence electrons. The monoisotopic (exact) mass is 245 g/mol. The van der Waals surface area contributed by atoms with E-state index in [0.717, 1.165) is 18.9 Å². The zero-order valence-electron chi connectivity index (χ0n) is 11.6. The van der Waals surface area contributed by atoms with E-state index in [0.29, 0.717) is 0 Å². The third-order valence-corrected chi connectivity index (χ3v) is 3.64. The van der Waals surface area contributed by atoms with E-state index in [1.807, 2.05) is 0 Å². The van der Waals surface area contributed by atoms with Crippen molar-refractivity contribution in [3.63, 3.8) is 0 Å². The van der Waals surface area contributed by atoms with Crippen molar-refractivity contribution in [1.82, 2.24) is 0 Å². The molecule has 0 aromatic rings. The maximum atomic E-state index is 6.69. The molecule has 0 aromatic carbocycles. The lowest BCUT2D eigenvalue weighted by Crippen LogP contribution is -1.89. The van der Waals surface area contributed by atoms with Gasteiger partial charge in [-0.25, -0.2) is 6.57 Å². The standard InChI is InChI=1S/C17H27N/c1-18-16-12-8-6-4-2-3-5-7-9-13-17-14-10-11-15-17/h10-11,14-15,17H,2-9,12-13,16H2. The summed E-state index contributed by atoms with van der Waals surface area (Å²) in [5, 5.41) is 0. The lowest BCUT2D eigenvalue weighted by molar-refractivity contribution is 0.543. The van der Waals surface area contributed by atoms with Crippen LogP contribution in [0.25, 0.3) is 4.85 Å². The van der Waals surface area contributed by atoms with E-state index < -0.39 is 0 Å². The largest absolute Gasteiger partial charge is 0.317 e. The zero-order valence-corrected chi connectivity index (χ0v) is 11.6. The number of rotatable bonds is 11. The van der Waals surface area contributed by atoms with Gasteiger partial charge in [0.05, 0.1) is 0 Å². The number of allylic oxidation sites excluding steroid dienone is 4. The summed E-state index contributed by atoms with van der Waals surface area (Å²) in [5.41, 5.74) is 0. The molecule has 1 aliphatic carbocycles. The van der Waals surface area contributed by atoms with Crippen LogP contribution in [0.5, 0.6) is 0 Å². The van der Waals surface area contributed by atoms with Gasteiger partial charge in [0.25, 0.3) is 0 Å². The Labute approximate surface area is 113 Å². The maximum Gasteiger partial charge on any atom is 0.214 e. The quantitative estimate of drug-likeness (QED) is 0.332. The third-order valence-electron chi connectivity index (χ3n) is 3.64. The Kier molecular flexibility index (Phi) is 9.25. The molecule has 18 heavy (non-hydrogen) atoms. The number of nitrogens with zero attached hydrogens (tertiary/aromatic N) is 1. The Hall–Kier alpha value is -1.03. The fourth-order valence-electron chi connectivity index (χ4n) is 2.48. The van der Waals surface area contributed by atoms with Gasteiger partial charge in [-0.15, -0.1) is 0 Å². The first kappa shape index (κ1) is 15.0. The van der Waals surface area contributed by atoms with Crippen LogP contribution < -0.4 is 0 Å². The minimum Gasteiger partial charge on any atom is -0.317 e. The summed E-state index contributed by atoms with van der Waals surface area (Å²) in [5.74, 6) is 0.729. The first-order valence-corrected chi connectivity index (χ1v) is 7.61. The summed E-state index contributed by atoms with van der Waals surface area (Å²) < 4.78 is 0. The minimum absolute atomic E-state index is 0.726. The van der Waals surface area contributed by atoms with Crippen LogP contribution in [0.4, 0.5) is 0 Å². The summed E-state index contributed by atoms with van der Waals surface area (Å²) in [7, 11) is 0. The topological polar surface area (TPSA) is 4.36 Å². The van der Waals surface area contributed by atoms with E-state index in [1.54, 1.807) is 0 Å². The van der Waals surface area contributed by atoms with E-state index in [2.05, 4.69) is 29.1 Å². The summed E-state index contributed by atoms with van der Waals surface area (Å²) in [6.45, 7) is 7.42. The van der Waals surface area contributed by atoms with E-state index in [9.17, 15) is 0 Å². The second kappa shape index (κ2) is 11.1. The molecular formula is C17H27N. The van der Waals surface area contributed by atoms with Gasteiger partial charge in [0, 0.05) is 6.42 Å². The smallest absolute Gasteiger partial charge is 0.214 e. The molecule has 0 spiro atoms. The molecular weight excluding hydrogens is 218 g/mol. The van der Waals surface area contributed by atoms with Crippen molar-refractivity contribution < 1.29 is 0 Å². The lowest BCUT2D eigenvalue weighted by Gasteiger charge is -2.05. The molecule has 0 saturated carbocycles. The lowest BCUT2D eigenvalue weighted by atomic mass is 10.0. The highest BCUT2D eigenvalue weighted by atomic mass is 14.6.